The molecule has 0 unspecified atom stereocenters. The lowest BCUT2D eigenvalue weighted by atomic mass is 9.70. The topological polar surface area (TPSA) is 3.24 Å². The number of nitrogens with zero attached hydrogens (tertiary/aromatic N) is 1. The number of benzene rings is 8. The highest BCUT2D eigenvalue weighted by Crippen LogP contribution is 2.64. The monoisotopic (exact) mass is 609 g/mol. The minimum atomic E-state index is -0.419. The summed E-state index contributed by atoms with van der Waals surface area (Å²) >= 11 is 0. The number of hydrogen-bond acceptors (Lipinski definition) is 1. The number of hydrogen-bond donors (Lipinski definition) is 0. The molecule has 0 saturated heterocycles. The maximum Gasteiger partial charge on any atom is 0.0726 e. The van der Waals surface area contributed by atoms with Crippen molar-refractivity contribution in [3.8, 4) is 33.4 Å². The van der Waals surface area contributed by atoms with E-state index in [0.717, 1.165) is 17.1 Å². The van der Waals surface area contributed by atoms with E-state index in [1.54, 1.807) is 0 Å². The van der Waals surface area contributed by atoms with E-state index in [0.29, 0.717) is 0 Å². The predicted molar refractivity (Wildman–Crippen MR) is 200 cm³/mol. The number of rotatable bonds is 4. The lowest BCUT2D eigenvalue weighted by Crippen LogP contribution is -2.26. The van der Waals surface area contributed by atoms with Crippen LogP contribution in [0.25, 0.3) is 44.2 Å². The summed E-state index contributed by atoms with van der Waals surface area (Å²) in [5.74, 6) is 0. The molecule has 0 saturated carbocycles. The van der Waals surface area contributed by atoms with E-state index in [2.05, 4.69) is 193 Å². The number of para-hydroxylation sites is 1. The van der Waals surface area contributed by atoms with Gasteiger partial charge in [0.05, 0.1) is 5.41 Å². The average Bonchev–Trinajstić information content (AvgIpc) is 3.63. The van der Waals surface area contributed by atoms with E-state index < -0.39 is 5.41 Å². The lowest BCUT2D eigenvalue weighted by Gasteiger charge is -2.32. The summed E-state index contributed by atoms with van der Waals surface area (Å²) in [6, 6.07) is 69.1. The second-order valence-corrected chi connectivity index (χ2v) is 12.9. The molecule has 8 aromatic carbocycles. The fourth-order valence-electron chi connectivity index (χ4n) is 8.49. The van der Waals surface area contributed by atoms with Gasteiger partial charge >= 0.3 is 0 Å². The molecule has 48 heavy (non-hydrogen) atoms. The minimum absolute atomic E-state index is 0.419. The summed E-state index contributed by atoms with van der Waals surface area (Å²) in [6.45, 7) is 0. The molecule has 0 radical (unpaired) electrons. The van der Waals surface area contributed by atoms with E-state index in [9.17, 15) is 0 Å². The molecular formula is C47H31N. The standard InChI is InChI=1S/C47H31N/c1-3-13-32(14-4-1)33-23-26-36(27-24-33)48(35-16-5-2-6-17-35)37-28-29-41-45(31-37)47(44-30-25-34-15-7-8-18-38(34)46(41)44)42-21-11-9-19-39(42)40-20-10-12-22-43(40)47/h1-31H. The molecule has 1 heteroatoms. The van der Waals surface area contributed by atoms with Gasteiger partial charge in [0.25, 0.3) is 0 Å². The quantitative estimate of drug-likeness (QED) is 0.192. The molecule has 0 amide bonds. The van der Waals surface area contributed by atoms with Crippen molar-refractivity contribution in [1.82, 2.24) is 0 Å². The molecule has 0 fully saturated rings. The Bertz CT molecular complexity index is 2450. The lowest BCUT2D eigenvalue weighted by molar-refractivity contribution is 0.794. The molecule has 10 rings (SSSR count). The Morgan fingerprint density at radius 2 is 0.896 bits per heavy atom. The van der Waals surface area contributed by atoms with Gasteiger partial charge in [0.2, 0.25) is 0 Å². The minimum Gasteiger partial charge on any atom is -0.310 e. The summed E-state index contributed by atoms with van der Waals surface area (Å²) in [6.07, 6.45) is 0. The van der Waals surface area contributed by atoms with Gasteiger partial charge in [-0.1, -0.05) is 152 Å². The summed E-state index contributed by atoms with van der Waals surface area (Å²) in [4.78, 5) is 2.40. The van der Waals surface area contributed by atoms with Gasteiger partial charge in [-0.3, -0.25) is 0 Å². The predicted octanol–water partition coefficient (Wildman–Crippen LogP) is 12.3. The van der Waals surface area contributed by atoms with Crippen LogP contribution in [0.2, 0.25) is 0 Å². The molecule has 2 aliphatic carbocycles. The van der Waals surface area contributed by atoms with Crippen LogP contribution >= 0.6 is 0 Å². The highest BCUT2D eigenvalue weighted by atomic mass is 15.1. The zero-order valence-corrected chi connectivity index (χ0v) is 26.3. The van der Waals surface area contributed by atoms with Gasteiger partial charge in [-0.2, -0.15) is 0 Å². The molecule has 0 heterocycles. The van der Waals surface area contributed by atoms with Crippen LogP contribution in [0.3, 0.4) is 0 Å². The largest absolute Gasteiger partial charge is 0.310 e. The maximum atomic E-state index is 2.47. The first-order valence-corrected chi connectivity index (χ1v) is 16.7. The SMILES string of the molecule is c1ccc(-c2ccc(N(c3ccccc3)c3ccc4c(c3)C3(c5ccccc5-c5ccccc53)c3ccc5ccccc5c3-4)cc2)cc1. The van der Waals surface area contributed by atoms with Gasteiger partial charge in [0.15, 0.2) is 0 Å². The first-order chi connectivity index (χ1) is 23.8. The summed E-state index contributed by atoms with van der Waals surface area (Å²) in [5.41, 5.74) is 16.1. The Labute approximate surface area is 281 Å². The van der Waals surface area contributed by atoms with E-state index in [-0.39, 0.29) is 0 Å². The number of anilines is 3. The van der Waals surface area contributed by atoms with E-state index in [1.165, 1.54) is 66.4 Å². The molecule has 0 atom stereocenters. The Balaban J connectivity index is 1.25. The Morgan fingerprint density at radius 3 is 1.62 bits per heavy atom. The first-order valence-electron chi connectivity index (χ1n) is 16.7. The molecule has 1 spiro atoms. The Morgan fingerprint density at radius 1 is 0.333 bits per heavy atom. The van der Waals surface area contributed by atoms with Crippen LogP contribution in [0.15, 0.2) is 188 Å². The second-order valence-electron chi connectivity index (χ2n) is 12.9. The van der Waals surface area contributed by atoms with Crippen molar-refractivity contribution < 1.29 is 0 Å². The van der Waals surface area contributed by atoms with Crippen molar-refractivity contribution in [2.24, 2.45) is 0 Å². The maximum absolute atomic E-state index is 2.47. The highest BCUT2D eigenvalue weighted by Gasteiger charge is 2.52. The van der Waals surface area contributed by atoms with Gasteiger partial charge in [0, 0.05) is 17.1 Å². The molecule has 0 N–H and O–H groups in total. The average molecular weight is 610 g/mol. The van der Waals surface area contributed by atoms with E-state index in [4.69, 9.17) is 0 Å². The van der Waals surface area contributed by atoms with Crippen LogP contribution in [0.1, 0.15) is 22.3 Å². The van der Waals surface area contributed by atoms with Crippen molar-refractivity contribution in [3.05, 3.63) is 210 Å². The third-order valence-corrected chi connectivity index (χ3v) is 10.5. The van der Waals surface area contributed by atoms with Crippen LogP contribution < -0.4 is 4.90 Å². The Hall–Kier alpha value is -6.18. The van der Waals surface area contributed by atoms with Gasteiger partial charge in [-0.05, 0) is 103 Å². The van der Waals surface area contributed by atoms with Gasteiger partial charge in [-0.25, -0.2) is 0 Å². The zero-order valence-electron chi connectivity index (χ0n) is 26.3. The normalized spacial score (nSPS) is 13.2. The zero-order chi connectivity index (χ0) is 31.7. The van der Waals surface area contributed by atoms with Crippen molar-refractivity contribution in [2.45, 2.75) is 5.41 Å². The number of fused-ring (bicyclic) bond motifs is 12. The molecule has 0 bridgehead atoms. The Kier molecular flexibility index (Phi) is 5.86. The first kappa shape index (κ1) is 27.0. The van der Waals surface area contributed by atoms with Crippen molar-refractivity contribution in [1.29, 1.82) is 0 Å². The van der Waals surface area contributed by atoms with Gasteiger partial charge < -0.3 is 4.90 Å². The fourth-order valence-corrected chi connectivity index (χ4v) is 8.49. The summed E-state index contributed by atoms with van der Waals surface area (Å²) in [7, 11) is 0. The highest BCUT2D eigenvalue weighted by molar-refractivity contribution is 6.06. The molecule has 2 aliphatic rings. The fraction of sp³-hybridized carbons (Fsp3) is 0.0213. The van der Waals surface area contributed by atoms with Crippen LogP contribution in [-0.2, 0) is 5.41 Å². The summed E-state index contributed by atoms with van der Waals surface area (Å²) in [5, 5.41) is 2.58. The molecule has 0 aromatic heterocycles. The van der Waals surface area contributed by atoms with Gasteiger partial charge in [0.1, 0.15) is 0 Å². The van der Waals surface area contributed by atoms with E-state index >= 15 is 0 Å². The second kappa shape index (κ2) is 10.4. The van der Waals surface area contributed by atoms with Crippen LogP contribution in [0.5, 0.6) is 0 Å². The third kappa shape index (κ3) is 3.73. The van der Waals surface area contributed by atoms with Gasteiger partial charge in [-0.15, -0.1) is 0 Å². The van der Waals surface area contributed by atoms with Crippen molar-refractivity contribution in [2.75, 3.05) is 4.90 Å². The molecule has 1 nitrogen and oxygen atoms in total. The smallest absolute Gasteiger partial charge is 0.0726 e. The molecule has 224 valence electrons. The summed E-state index contributed by atoms with van der Waals surface area (Å²) < 4.78 is 0. The molecular weight excluding hydrogens is 579 g/mol. The van der Waals surface area contributed by atoms with Crippen molar-refractivity contribution in [3.63, 3.8) is 0 Å². The molecule has 0 aliphatic heterocycles. The third-order valence-electron chi connectivity index (χ3n) is 10.5. The van der Waals surface area contributed by atoms with Crippen LogP contribution in [0.4, 0.5) is 17.1 Å². The van der Waals surface area contributed by atoms with Crippen molar-refractivity contribution >= 4 is 27.8 Å². The van der Waals surface area contributed by atoms with Crippen LogP contribution in [-0.4, -0.2) is 0 Å². The van der Waals surface area contributed by atoms with E-state index in [1.807, 2.05) is 0 Å². The molecule has 8 aromatic rings. The van der Waals surface area contributed by atoms with Crippen LogP contribution in [0, 0.1) is 0 Å².